The number of aliphatic hydroxyl groups excluding tert-OH is 2. The van der Waals surface area contributed by atoms with Crippen molar-refractivity contribution in [2.45, 2.75) is 133 Å². The van der Waals surface area contributed by atoms with Crippen molar-refractivity contribution in [1.82, 2.24) is 57.1 Å². The maximum absolute atomic E-state index is 14.6. The molecule has 11 atom stereocenters. The summed E-state index contributed by atoms with van der Waals surface area (Å²) >= 11 is 8.06. The van der Waals surface area contributed by atoms with Crippen LogP contribution in [0.3, 0.4) is 0 Å². The number of carboxylic acids is 1. The molecule has 0 unspecified atom stereocenters. The van der Waals surface area contributed by atoms with Crippen LogP contribution in [0.5, 0.6) is 0 Å². The first-order chi connectivity index (χ1) is 36.6. The quantitative estimate of drug-likeness (QED) is 0.0285. The van der Waals surface area contributed by atoms with Gasteiger partial charge in [0.1, 0.15) is 48.3 Å². The number of aromatic amines is 2. The maximum atomic E-state index is 14.6. The molecule has 3 heterocycles. The molecule has 0 spiro atoms. The molecule has 77 heavy (non-hydrogen) atoms. The molecular formula is C51H70N12O12S2. The number of imidazole rings is 1. The zero-order valence-electron chi connectivity index (χ0n) is 43.1. The largest absolute Gasteiger partial charge is 0.480 e. The van der Waals surface area contributed by atoms with E-state index in [2.05, 4.69) is 77.4 Å². The second-order valence-electron chi connectivity index (χ2n) is 19.4. The number of rotatable bonds is 28. The Bertz CT molecular complexity index is 2670. The first kappa shape index (κ1) is 60.9. The number of likely N-dealkylation sites (tertiary alicyclic amines) is 1. The third-order valence-electron chi connectivity index (χ3n) is 12.9. The summed E-state index contributed by atoms with van der Waals surface area (Å²) < 4.78 is 0. The summed E-state index contributed by atoms with van der Waals surface area (Å²) in [6.45, 7) is 6.20. The summed E-state index contributed by atoms with van der Waals surface area (Å²) in [5.74, 6) is -8.51. The van der Waals surface area contributed by atoms with Gasteiger partial charge in [-0.15, -0.1) is 0 Å². The van der Waals surface area contributed by atoms with E-state index in [9.17, 15) is 58.5 Å². The van der Waals surface area contributed by atoms with Crippen molar-refractivity contribution >= 4 is 89.4 Å². The van der Waals surface area contributed by atoms with E-state index in [1.165, 1.54) is 31.3 Å². The monoisotopic (exact) mass is 1110 g/mol. The van der Waals surface area contributed by atoms with Crippen LogP contribution < -0.4 is 43.0 Å². The van der Waals surface area contributed by atoms with Gasteiger partial charge in [0.25, 0.3) is 0 Å². The lowest BCUT2D eigenvalue weighted by Gasteiger charge is -2.31. The predicted molar refractivity (Wildman–Crippen MR) is 289 cm³/mol. The standard InChI is InChI=1S/C51H70N12O12S2/c1-26(2)17-35(44(67)60-39(24-77)51(74)75)56-45(68)37(19-30-21-54-34-14-9-8-13-32(30)34)57-46(69)38(20-31-22-53-25-55-31)59-49(72)41(27(3)64)61-47(70)36(18-29-11-6-5-7-12-29)58-48(71)40-15-10-16-63(40)50(73)42(28(4)65)62-43(66)33(52)23-76/h5-9,11-14,21-22,25-28,33,35-42,54,64-65,76-77H,10,15-20,23-24,52H2,1-4H3,(H,53,55)(H,56,68)(H,57,69)(H,58,71)(H,59,72)(H,60,67)(H,61,70)(H,62,66)(H,74,75)/t27-,28-,33+,35+,36+,37+,38+,39+,40+,41+,42+/m1/s1. The number of fused-ring (bicyclic) bond motifs is 1. The number of carbonyl (C=O) groups excluding carboxylic acids is 8. The number of benzene rings is 2. The number of H-pyrrole nitrogens is 2. The summed E-state index contributed by atoms with van der Waals surface area (Å²) in [6.07, 6.45) is 1.52. The molecule has 2 aromatic heterocycles. The smallest absolute Gasteiger partial charge is 0.327 e. The lowest BCUT2D eigenvalue weighted by molar-refractivity contribution is -0.144. The molecule has 2 aromatic carbocycles. The Hall–Kier alpha value is -7.00. The number of carboxylic acid groups (broad SMARTS) is 1. The number of hydrogen-bond donors (Lipinski definition) is 15. The molecule has 0 saturated carbocycles. The molecule has 26 heteroatoms. The number of nitrogens with two attached hydrogens (primary N) is 1. The van der Waals surface area contributed by atoms with Gasteiger partial charge < -0.3 is 73.1 Å². The summed E-state index contributed by atoms with van der Waals surface area (Å²) in [6, 6.07) is 3.36. The first-order valence-electron chi connectivity index (χ1n) is 25.2. The first-order valence-corrected chi connectivity index (χ1v) is 26.4. The third kappa shape index (κ3) is 17.2. The fourth-order valence-electron chi connectivity index (χ4n) is 8.72. The fraction of sp³-hybridized carbons (Fsp3) is 0.490. The van der Waals surface area contributed by atoms with Gasteiger partial charge in [0.15, 0.2) is 0 Å². The van der Waals surface area contributed by atoms with E-state index in [0.717, 1.165) is 10.9 Å². The zero-order valence-corrected chi connectivity index (χ0v) is 44.9. The summed E-state index contributed by atoms with van der Waals surface area (Å²) in [7, 11) is 0. The second kappa shape index (κ2) is 28.9. The lowest BCUT2D eigenvalue weighted by Crippen LogP contribution is -2.62. The second-order valence-corrected chi connectivity index (χ2v) is 20.2. The molecule has 1 aliphatic rings. The van der Waals surface area contributed by atoms with Crippen molar-refractivity contribution < 1.29 is 58.5 Å². The van der Waals surface area contributed by atoms with Crippen LogP contribution in [0.1, 0.15) is 63.8 Å². The van der Waals surface area contributed by atoms with Crippen LogP contribution >= 0.6 is 25.3 Å². The Morgan fingerprint density at radius 1 is 0.675 bits per heavy atom. The van der Waals surface area contributed by atoms with Gasteiger partial charge in [-0.2, -0.15) is 25.3 Å². The Kier molecular flexibility index (Phi) is 22.9. The molecule has 418 valence electrons. The van der Waals surface area contributed by atoms with Crippen LogP contribution in [0.25, 0.3) is 10.9 Å². The van der Waals surface area contributed by atoms with E-state index in [0.29, 0.717) is 23.2 Å². The molecule has 1 aliphatic heterocycles. The molecular weight excluding hydrogens is 1040 g/mol. The Morgan fingerprint density at radius 3 is 1.86 bits per heavy atom. The molecule has 24 nitrogen and oxygen atoms in total. The third-order valence-corrected chi connectivity index (χ3v) is 13.6. The number of nitrogens with one attached hydrogen (secondary N) is 9. The van der Waals surface area contributed by atoms with E-state index in [4.69, 9.17) is 5.73 Å². The minimum Gasteiger partial charge on any atom is -0.480 e. The minimum atomic E-state index is -1.76. The van der Waals surface area contributed by atoms with Crippen molar-refractivity contribution in [3.05, 3.63) is 90.1 Å². The average Bonchev–Trinajstić information content (AvgIpc) is 4.21. The highest BCUT2D eigenvalue weighted by Gasteiger charge is 2.42. The Balaban J connectivity index is 1.40. The summed E-state index contributed by atoms with van der Waals surface area (Å²) in [5.41, 5.74) is 8.07. The van der Waals surface area contributed by atoms with Gasteiger partial charge in [0, 0.05) is 66.3 Å². The molecule has 0 bridgehead atoms. The molecule has 14 N–H and O–H groups in total. The van der Waals surface area contributed by atoms with E-state index in [1.807, 2.05) is 18.2 Å². The minimum absolute atomic E-state index is 0.0420. The van der Waals surface area contributed by atoms with Gasteiger partial charge in [0.2, 0.25) is 47.3 Å². The van der Waals surface area contributed by atoms with Crippen molar-refractivity contribution in [1.29, 1.82) is 0 Å². The van der Waals surface area contributed by atoms with Gasteiger partial charge in [0.05, 0.1) is 24.6 Å². The van der Waals surface area contributed by atoms with Crippen LogP contribution in [0.2, 0.25) is 0 Å². The van der Waals surface area contributed by atoms with Crippen molar-refractivity contribution in [2.24, 2.45) is 11.7 Å². The van der Waals surface area contributed by atoms with E-state index in [-0.39, 0.29) is 56.1 Å². The lowest BCUT2D eigenvalue weighted by atomic mass is 10.00. The van der Waals surface area contributed by atoms with Gasteiger partial charge in [-0.05, 0) is 56.2 Å². The summed E-state index contributed by atoms with van der Waals surface area (Å²) in [5, 5.41) is 50.0. The number of carbonyl (C=O) groups is 9. The number of aliphatic hydroxyl groups is 2. The van der Waals surface area contributed by atoms with Gasteiger partial charge >= 0.3 is 5.97 Å². The zero-order chi connectivity index (χ0) is 56.5. The molecule has 1 saturated heterocycles. The van der Waals surface area contributed by atoms with Gasteiger partial charge in [-0.25, -0.2) is 9.78 Å². The SMILES string of the molecule is CC(C)C[C@H](NC(=O)[C@H](Cc1c[nH]c2ccccc12)NC(=O)[C@H](Cc1cnc[nH]1)NC(=O)[C@@H](NC(=O)[C@H](Cc1ccccc1)NC(=O)[C@@H]1CCCN1C(=O)[C@@H](NC(=O)[C@@H](N)CS)[C@@H](C)O)[C@@H](C)O)C(=O)N[C@@H](CS)C(=O)O. The van der Waals surface area contributed by atoms with Crippen LogP contribution in [0, 0.1) is 5.92 Å². The van der Waals surface area contributed by atoms with Gasteiger partial charge in [-0.3, -0.25) is 38.4 Å². The normalized spacial score (nSPS) is 17.3. The fourth-order valence-corrected chi connectivity index (χ4v) is 9.13. The highest BCUT2D eigenvalue weighted by molar-refractivity contribution is 7.80. The molecule has 0 radical (unpaired) electrons. The molecule has 1 fully saturated rings. The van der Waals surface area contributed by atoms with E-state index in [1.54, 1.807) is 56.4 Å². The Labute approximate surface area is 455 Å². The van der Waals surface area contributed by atoms with E-state index < -0.39 is 120 Å². The number of amides is 8. The highest BCUT2D eigenvalue weighted by Crippen LogP contribution is 2.22. The molecule has 0 aliphatic carbocycles. The highest BCUT2D eigenvalue weighted by atomic mass is 32.1. The number of nitrogens with zero attached hydrogens (tertiary/aromatic N) is 2. The topological polar surface area (TPSA) is 372 Å². The van der Waals surface area contributed by atoms with Crippen molar-refractivity contribution in [3.8, 4) is 0 Å². The maximum Gasteiger partial charge on any atom is 0.327 e. The average molecular weight is 1110 g/mol. The number of para-hydroxylation sites is 1. The number of thiol groups is 2. The predicted octanol–water partition coefficient (Wildman–Crippen LogP) is -1.62. The number of aromatic nitrogens is 3. The van der Waals surface area contributed by atoms with Crippen LogP contribution in [-0.4, -0.2) is 173 Å². The molecule has 8 amide bonds. The number of hydrogen-bond acceptors (Lipinski definition) is 15. The van der Waals surface area contributed by atoms with Crippen LogP contribution in [-0.2, 0) is 62.4 Å². The Morgan fingerprint density at radius 2 is 1.25 bits per heavy atom. The summed E-state index contributed by atoms with van der Waals surface area (Å²) in [4.78, 5) is 135. The molecule has 5 rings (SSSR count). The van der Waals surface area contributed by atoms with Gasteiger partial charge in [-0.1, -0.05) is 62.4 Å². The number of aliphatic carboxylic acids is 1. The van der Waals surface area contributed by atoms with E-state index >= 15 is 0 Å². The van der Waals surface area contributed by atoms with Crippen LogP contribution in [0.4, 0.5) is 0 Å². The van der Waals surface area contributed by atoms with Crippen molar-refractivity contribution in [2.75, 3.05) is 18.1 Å². The van der Waals surface area contributed by atoms with Crippen molar-refractivity contribution in [3.63, 3.8) is 0 Å². The molecule has 4 aromatic rings. The van der Waals surface area contributed by atoms with Crippen LogP contribution in [0.15, 0.2) is 73.3 Å².